The summed E-state index contributed by atoms with van der Waals surface area (Å²) in [5.74, 6) is 4.99. The fourth-order valence-corrected chi connectivity index (χ4v) is 1.51. The largest absolute Gasteiger partial charge is 0.406 e. The molecule has 9 nitrogen and oxygen atoms in total. The van der Waals surface area contributed by atoms with Crippen molar-refractivity contribution < 1.29 is 13.2 Å². The lowest BCUT2D eigenvalue weighted by Crippen LogP contribution is -2.35. The molecule has 0 aliphatic carbocycles. The van der Waals surface area contributed by atoms with Gasteiger partial charge >= 0.3 is 6.18 Å². The summed E-state index contributed by atoms with van der Waals surface area (Å²) in [6, 6.07) is 0. The summed E-state index contributed by atoms with van der Waals surface area (Å²) in [5.41, 5.74) is 2.18. The first-order valence-electron chi connectivity index (χ1n) is 5.82. The summed E-state index contributed by atoms with van der Waals surface area (Å²) in [6.45, 7) is 0.429. The quantitative estimate of drug-likeness (QED) is 0.592. The van der Waals surface area contributed by atoms with E-state index in [2.05, 4.69) is 30.5 Å². The van der Waals surface area contributed by atoms with Crippen LogP contribution in [-0.4, -0.2) is 49.0 Å². The minimum atomic E-state index is -4.38. The highest BCUT2D eigenvalue weighted by Crippen LogP contribution is 2.20. The number of hydrogen-bond acceptors (Lipinski definition) is 8. The maximum Gasteiger partial charge on any atom is 0.406 e. The Bertz CT molecular complexity index is 583. The van der Waals surface area contributed by atoms with Gasteiger partial charge in [0.05, 0.1) is 0 Å². The fraction of sp³-hybridized carbons (Fsp3) is 0.444. The van der Waals surface area contributed by atoms with Crippen LogP contribution in [-0.2, 0) is 0 Å². The minimum absolute atomic E-state index is 0.00562. The van der Waals surface area contributed by atoms with Crippen LogP contribution in [0.25, 0.3) is 5.95 Å². The van der Waals surface area contributed by atoms with Gasteiger partial charge in [0, 0.05) is 6.54 Å². The van der Waals surface area contributed by atoms with E-state index in [0.717, 1.165) is 4.90 Å². The first-order chi connectivity index (χ1) is 9.93. The van der Waals surface area contributed by atoms with Gasteiger partial charge in [0.1, 0.15) is 19.2 Å². The zero-order chi connectivity index (χ0) is 15.5. The molecule has 2 heterocycles. The lowest BCUT2D eigenvalue weighted by Gasteiger charge is -2.22. The molecule has 2 aromatic rings. The molecular weight excluding hydrogens is 291 g/mol. The second-order valence-corrected chi connectivity index (χ2v) is 3.87. The molecule has 0 radical (unpaired) electrons. The summed E-state index contributed by atoms with van der Waals surface area (Å²) >= 11 is 0. The number of alkyl halides is 3. The molecule has 0 unspecified atom stereocenters. The molecule has 0 atom stereocenters. The Morgan fingerprint density at radius 2 is 2.10 bits per heavy atom. The minimum Gasteiger partial charge on any atom is -0.332 e. The van der Waals surface area contributed by atoms with Crippen LogP contribution >= 0.6 is 0 Å². The third kappa shape index (κ3) is 3.75. The molecule has 0 saturated heterocycles. The van der Waals surface area contributed by atoms with E-state index in [9.17, 15) is 13.2 Å². The average Bonchev–Trinajstić information content (AvgIpc) is 2.97. The molecule has 114 valence electrons. The Morgan fingerprint density at radius 1 is 1.33 bits per heavy atom. The molecule has 0 saturated carbocycles. The number of aromatic nitrogens is 6. The van der Waals surface area contributed by atoms with Crippen LogP contribution in [0.5, 0.6) is 0 Å². The zero-order valence-corrected chi connectivity index (χ0v) is 10.9. The molecule has 21 heavy (non-hydrogen) atoms. The molecule has 0 aromatic carbocycles. The number of hydrazine groups is 1. The van der Waals surface area contributed by atoms with Crippen molar-refractivity contribution in [2.75, 3.05) is 23.4 Å². The van der Waals surface area contributed by atoms with Gasteiger partial charge in [0.15, 0.2) is 0 Å². The standard InChI is InChI=1S/C9H12F3N9/c1-2-20(3-9(10,11)12)7-16-6(19-13)17-8(18-7)21-5-14-4-15-21/h4-5H,2-3,13H2,1H3,(H,16,17,18,19). The SMILES string of the molecule is CCN(CC(F)(F)F)c1nc(NN)nc(-n2cncn2)n1. The molecule has 0 spiro atoms. The van der Waals surface area contributed by atoms with Crippen LogP contribution in [0, 0.1) is 0 Å². The maximum absolute atomic E-state index is 12.6. The van der Waals surface area contributed by atoms with Crippen molar-refractivity contribution in [2.24, 2.45) is 5.84 Å². The van der Waals surface area contributed by atoms with Crippen molar-refractivity contribution in [1.82, 2.24) is 29.7 Å². The van der Waals surface area contributed by atoms with E-state index in [-0.39, 0.29) is 24.4 Å². The van der Waals surface area contributed by atoms with E-state index in [1.54, 1.807) is 6.92 Å². The Kier molecular flexibility index (Phi) is 4.16. The van der Waals surface area contributed by atoms with Crippen LogP contribution in [0.4, 0.5) is 25.1 Å². The molecule has 3 N–H and O–H groups in total. The Labute approximate surface area is 117 Å². The van der Waals surface area contributed by atoms with Crippen molar-refractivity contribution >= 4 is 11.9 Å². The highest BCUT2D eigenvalue weighted by Gasteiger charge is 2.31. The van der Waals surface area contributed by atoms with Gasteiger partial charge in [-0.25, -0.2) is 10.8 Å². The number of nitrogen functional groups attached to an aromatic ring is 1. The second-order valence-electron chi connectivity index (χ2n) is 3.87. The molecule has 0 bridgehead atoms. The van der Waals surface area contributed by atoms with Gasteiger partial charge < -0.3 is 4.90 Å². The summed E-state index contributed by atoms with van der Waals surface area (Å²) in [5, 5.41) is 3.81. The van der Waals surface area contributed by atoms with E-state index in [0.29, 0.717) is 0 Å². The monoisotopic (exact) mass is 303 g/mol. The molecule has 0 fully saturated rings. The van der Waals surface area contributed by atoms with Crippen LogP contribution in [0.3, 0.4) is 0 Å². The molecule has 0 aliphatic heterocycles. The number of rotatable bonds is 5. The molecule has 0 aliphatic rings. The van der Waals surface area contributed by atoms with Gasteiger partial charge in [0.2, 0.25) is 11.9 Å². The molecule has 2 rings (SSSR count). The zero-order valence-electron chi connectivity index (χ0n) is 10.9. The number of anilines is 2. The number of halogens is 3. The van der Waals surface area contributed by atoms with E-state index in [4.69, 9.17) is 5.84 Å². The maximum atomic E-state index is 12.6. The summed E-state index contributed by atoms with van der Waals surface area (Å²) in [7, 11) is 0. The molecule has 12 heteroatoms. The van der Waals surface area contributed by atoms with Crippen molar-refractivity contribution in [3.63, 3.8) is 0 Å². The normalized spacial score (nSPS) is 11.5. The van der Waals surface area contributed by atoms with E-state index >= 15 is 0 Å². The van der Waals surface area contributed by atoms with Crippen LogP contribution in [0.1, 0.15) is 6.92 Å². The van der Waals surface area contributed by atoms with E-state index in [1.807, 2.05) is 0 Å². The fourth-order valence-electron chi connectivity index (χ4n) is 1.51. The highest BCUT2D eigenvalue weighted by molar-refractivity contribution is 5.39. The van der Waals surface area contributed by atoms with Gasteiger partial charge in [-0.2, -0.15) is 37.9 Å². The van der Waals surface area contributed by atoms with Crippen LogP contribution in [0.2, 0.25) is 0 Å². The number of nitrogens with two attached hydrogens (primary N) is 1. The summed E-state index contributed by atoms with van der Waals surface area (Å²) in [6.07, 6.45) is -1.84. The highest BCUT2D eigenvalue weighted by atomic mass is 19.4. The number of nitrogens with zero attached hydrogens (tertiary/aromatic N) is 7. The van der Waals surface area contributed by atoms with Gasteiger partial charge in [0.25, 0.3) is 5.95 Å². The van der Waals surface area contributed by atoms with Gasteiger partial charge in [-0.15, -0.1) is 0 Å². The molecule has 2 aromatic heterocycles. The summed E-state index contributed by atoms with van der Waals surface area (Å²) in [4.78, 5) is 16.3. The van der Waals surface area contributed by atoms with E-state index < -0.39 is 12.7 Å². The smallest absolute Gasteiger partial charge is 0.332 e. The Balaban J connectivity index is 2.40. The topological polar surface area (TPSA) is 111 Å². The van der Waals surface area contributed by atoms with Crippen molar-refractivity contribution in [3.05, 3.63) is 12.7 Å². The predicted molar refractivity (Wildman–Crippen MR) is 66.5 cm³/mol. The first kappa shape index (κ1) is 14.9. The van der Waals surface area contributed by atoms with Crippen LogP contribution in [0.15, 0.2) is 12.7 Å². The van der Waals surface area contributed by atoms with Crippen molar-refractivity contribution in [1.29, 1.82) is 0 Å². The third-order valence-corrected chi connectivity index (χ3v) is 2.40. The van der Waals surface area contributed by atoms with Crippen molar-refractivity contribution in [2.45, 2.75) is 13.1 Å². The third-order valence-electron chi connectivity index (χ3n) is 2.40. The summed E-state index contributed by atoms with van der Waals surface area (Å²) < 4.78 is 38.8. The second kappa shape index (κ2) is 5.87. The van der Waals surface area contributed by atoms with Gasteiger partial charge in [-0.1, -0.05) is 0 Å². The lowest BCUT2D eigenvalue weighted by atomic mass is 10.5. The first-order valence-corrected chi connectivity index (χ1v) is 5.82. The lowest BCUT2D eigenvalue weighted by molar-refractivity contribution is -0.119. The van der Waals surface area contributed by atoms with Gasteiger partial charge in [-0.3, -0.25) is 5.43 Å². The Morgan fingerprint density at radius 3 is 2.62 bits per heavy atom. The van der Waals surface area contributed by atoms with E-state index in [1.165, 1.54) is 17.3 Å². The Hall–Kier alpha value is -2.50. The average molecular weight is 303 g/mol. The number of hydrogen-bond donors (Lipinski definition) is 2. The van der Waals surface area contributed by atoms with Crippen molar-refractivity contribution in [3.8, 4) is 5.95 Å². The molecular formula is C9H12F3N9. The van der Waals surface area contributed by atoms with Gasteiger partial charge in [-0.05, 0) is 6.92 Å². The number of nitrogens with one attached hydrogen (secondary N) is 1. The predicted octanol–water partition coefficient (Wildman–Crippen LogP) is 0.127. The molecule has 0 amide bonds. The van der Waals surface area contributed by atoms with Crippen LogP contribution < -0.4 is 16.2 Å².